The Balaban J connectivity index is 3.20. The van der Waals surface area contributed by atoms with Crippen molar-refractivity contribution in [2.45, 2.75) is 20.8 Å². The Bertz CT molecular complexity index is 347. The second-order valence-electron chi connectivity index (χ2n) is 3.20. The third-order valence-corrected chi connectivity index (χ3v) is 1.65. The molecule has 1 aromatic carbocycles. The number of aliphatic imine (C=N–C) groups is 1. The number of benzene rings is 1. The summed E-state index contributed by atoms with van der Waals surface area (Å²) in [5, 5.41) is 7.55. The van der Waals surface area contributed by atoms with E-state index in [9.17, 15) is 0 Å². The summed E-state index contributed by atoms with van der Waals surface area (Å²) in [4.78, 5) is 4.36. The molecule has 1 aromatic rings. The van der Waals surface area contributed by atoms with Crippen LogP contribution in [-0.4, -0.2) is 11.4 Å². The van der Waals surface area contributed by atoms with Crippen LogP contribution < -0.4 is 0 Å². The van der Waals surface area contributed by atoms with Crippen molar-refractivity contribution in [1.82, 2.24) is 0 Å². The topological polar surface area (TPSA) is 36.2 Å². The molecule has 2 nitrogen and oxygen atoms in total. The number of rotatable bonds is 2. The Labute approximate surface area is 78.8 Å². The van der Waals surface area contributed by atoms with E-state index in [1.165, 1.54) is 0 Å². The molecule has 0 atom stereocenters. The third-order valence-electron chi connectivity index (χ3n) is 1.65. The molecule has 0 aliphatic rings. The quantitative estimate of drug-likeness (QED) is 0.668. The summed E-state index contributed by atoms with van der Waals surface area (Å²) in [5.41, 5.74) is 3.35. The standard InChI is InChI=1S/C11H14N2/c1-8(2)13-11-7-5-4-6-10(11)9(3)12/h4-7,12H,1-3H3. The molecule has 0 aliphatic carbocycles. The lowest BCUT2D eigenvalue weighted by Gasteiger charge is -2.03. The molecule has 0 saturated carbocycles. The van der Waals surface area contributed by atoms with Gasteiger partial charge >= 0.3 is 0 Å². The van der Waals surface area contributed by atoms with Crippen LogP contribution in [0, 0.1) is 5.41 Å². The molecule has 0 heterocycles. The lowest BCUT2D eigenvalue weighted by atomic mass is 10.1. The highest BCUT2D eigenvalue weighted by atomic mass is 14.7. The summed E-state index contributed by atoms with van der Waals surface area (Å²) in [6.07, 6.45) is 0. The Morgan fingerprint density at radius 2 is 1.77 bits per heavy atom. The minimum Gasteiger partial charge on any atom is -0.305 e. The van der Waals surface area contributed by atoms with Gasteiger partial charge in [0.1, 0.15) is 0 Å². The molecule has 0 aliphatic heterocycles. The zero-order chi connectivity index (χ0) is 9.84. The van der Waals surface area contributed by atoms with Crippen LogP contribution in [0.5, 0.6) is 0 Å². The Kier molecular flexibility index (Phi) is 2.96. The molecular formula is C11H14N2. The Morgan fingerprint density at radius 1 is 1.15 bits per heavy atom. The number of nitrogens with one attached hydrogen (secondary N) is 1. The molecule has 0 amide bonds. The lowest BCUT2D eigenvalue weighted by Crippen LogP contribution is -1.92. The number of nitrogens with zero attached hydrogens (tertiary/aromatic N) is 1. The van der Waals surface area contributed by atoms with Crippen LogP contribution in [0.1, 0.15) is 26.3 Å². The van der Waals surface area contributed by atoms with Crippen LogP contribution in [-0.2, 0) is 0 Å². The van der Waals surface area contributed by atoms with Crippen LogP contribution in [0.4, 0.5) is 5.69 Å². The van der Waals surface area contributed by atoms with E-state index in [0.717, 1.165) is 17.0 Å². The maximum absolute atomic E-state index is 7.55. The smallest absolute Gasteiger partial charge is 0.0719 e. The average molecular weight is 174 g/mol. The second kappa shape index (κ2) is 3.99. The van der Waals surface area contributed by atoms with Gasteiger partial charge in [0, 0.05) is 17.0 Å². The van der Waals surface area contributed by atoms with E-state index >= 15 is 0 Å². The van der Waals surface area contributed by atoms with Crippen molar-refractivity contribution in [2.75, 3.05) is 0 Å². The first kappa shape index (κ1) is 9.65. The highest BCUT2D eigenvalue weighted by Crippen LogP contribution is 2.19. The van der Waals surface area contributed by atoms with Crippen LogP contribution >= 0.6 is 0 Å². The molecule has 0 radical (unpaired) electrons. The largest absolute Gasteiger partial charge is 0.305 e. The molecular weight excluding hydrogens is 160 g/mol. The summed E-state index contributed by atoms with van der Waals surface area (Å²) >= 11 is 0. The first-order chi connectivity index (χ1) is 6.11. The fraction of sp³-hybridized carbons (Fsp3) is 0.273. The number of hydrogen-bond acceptors (Lipinski definition) is 2. The third kappa shape index (κ3) is 2.51. The predicted molar refractivity (Wildman–Crippen MR) is 57.4 cm³/mol. The van der Waals surface area contributed by atoms with Crippen LogP contribution in [0.2, 0.25) is 0 Å². The maximum atomic E-state index is 7.55. The average Bonchev–Trinajstić information content (AvgIpc) is 2.03. The van der Waals surface area contributed by atoms with Gasteiger partial charge in [-0.05, 0) is 26.8 Å². The van der Waals surface area contributed by atoms with Crippen molar-refractivity contribution in [3.8, 4) is 0 Å². The van der Waals surface area contributed by atoms with E-state index in [2.05, 4.69) is 4.99 Å². The van der Waals surface area contributed by atoms with E-state index in [-0.39, 0.29) is 0 Å². The number of para-hydroxylation sites is 1. The SMILES string of the molecule is CC(=N)c1ccccc1N=C(C)C. The maximum Gasteiger partial charge on any atom is 0.0719 e. The van der Waals surface area contributed by atoms with Gasteiger partial charge < -0.3 is 5.41 Å². The van der Waals surface area contributed by atoms with E-state index < -0.39 is 0 Å². The van der Waals surface area contributed by atoms with Crippen LogP contribution in [0.15, 0.2) is 29.3 Å². The van der Waals surface area contributed by atoms with Crippen LogP contribution in [0.25, 0.3) is 0 Å². The molecule has 0 aromatic heterocycles. The monoisotopic (exact) mass is 174 g/mol. The summed E-state index contributed by atoms with van der Waals surface area (Å²) < 4.78 is 0. The Morgan fingerprint density at radius 3 is 2.31 bits per heavy atom. The van der Waals surface area contributed by atoms with Gasteiger partial charge in [-0.1, -0.05) is 18.2 Å². The first-order valence-electron chi connectivity index (χ1n) is 4.27. The van der Waals surface area contributed by atoms with Gasteiger partial charge in [-0.15, -0.1) is 0 Å². The molecule has 2 heteroatoms. The first-order valence-corrected chi connectivity index (χ1v) is 4.27. The van der Waals surface area contributed by atoms with Crippen molar-refractivity contribution in [2.24, 2.45) is 4.99 Å². The highest BCUT2D eigenvalue weighted by molar-refractivity contribution is 6.01. The fourth-order valence-electron chi connectivity index (χ4n) is 1.13. The molecule has 0 fully saturated rings. The van der Waals surface area contributed by atoms with E-state index in [0.29, 0.717) is 5.71 Å². The Hall–Kier alpha value is -1.44. The van der Waals surface area contributed by atoms with Gasteiger partial charge in [-0.3, -0.25) is 4.99 Å². The second-order valence-corrected chi connectivity index (χ2v) is 3.20. The van der Waals surface area contributed by atoms with Gasteiger partial charge in [0.25, 0.3) is 0 Å². The molecule has 68 valence electrons. The van der Waals surface area contributed by atoms with E-state index in [1.807, 2.05) is 38.1 Å². The van der Waals surface area contributed by atoms with Gasteiger partial charge in [-0.2, -0.15) is 0 Å². The molecule has 0 bridgehead atoms. The summed E-state index contributed by atoms with van der Waals surface area (Å²) in [7, 11) is 0. The van der Waals surface area contributed by atoms with Crippen molar-refractivity contribution in [1.29, 1.82) is 5.41 Å². The molecule has 1 rings (SSSR count). The van der Waals surface area contributed by atoms with Crippen molar-refractivity contribution >= 4 is 17.1 Å². The van der Waals surface area contributed by atoms with Gasteiger partial charge in [0.05, 0.1) is 5.69 Å². The minimum atomic E-state index is 0.556. The molecule has 13 heavy (non-hydrogen) atoms. The number of hydrogen-bond donors (Lipinski definition) is 1. The zero-order valence-electron chi connectivity index (χ0n) is 8.26. The molecule has 0 saturated heterocycles. The summed E-state index contributed by atoms with van der Waals surface area (Å²) in [6, 6.07) is 7.72. The highest BCUT2D eigenvalue weighted by Gasteiger charge is 2.00. The predicted octanol–water partition coefficient (Wildman–Crippen LogP) is 3.19. The molecule has 0 unspecified atom stereocenters. The van der Waals surface area contributed by atoms with Crippen LogP contribution in [0.3, 0.4) is 0 Å². The van der Waals surface area contributed by atoms with Gasteiger partial charge in [0.15, 0.2) is 0 Å². The van der Waals surface area contributed by atoms with E-state index in [1.54, 1.807) is 6.92 Å². The minimum absolute atomic E-state index is 0.556. The fourth-order valence-corrected chi connectivity index (χ4v) is 1.13. The normalized spacial score (nSPS) is 9.46. The van der Waals surface area contributed by atoms with Gasteiger partial charge in [0.2, 0.25) is 0 Å². The molecule has 1 N–H and O–H groups in total. The van der Waals surface area contributed by atoms with Crippen molar-refractivity contribution in [3.05, 3.63) is 29.8 Å². The lowest BCUT2D eigenvalue weighted by molar-refractivity contribution is 1.41. The summed E-state index contributed by atoms with van der Waals surface area (Å²) in [6.45, 7) is 5.69. The van der Waals surface area contributed by atoms with Crippen molar-refractivity contribution < 1.29 is 0 Å². The summed E-state index contributed by atoms with van der Waals surface area (Å²) in [5.74, 6) is 0. The van der Waals surface area contributed by atoms with Gasteiger partial charge in [-0.25, -0.2) is 0 Å². The molecule has 0 spiro atoms. The van der Waals surface area contributed by atoms with Crippen molar-refractivity contribution in [3.63, 3.8) is 0 Å². The zero-order valence-corrected chi connectivity index (χ0v) is 8.26. The van der Waals surface area contributed by atoms with E-state index in [4.69, 9.17) is 5.41 Å².